The Kier molecular flexibility index (Phi) is 4.32. The number of aryl methyl sites for hydroxylation is 3. The predicted molar refractivity (Wildman–Crippen MR) is 107 cm³/mol. The summed E-state index contributed by atoms with van der Waals surface area (Å²) < 4.78 is 1.86. The lowest BCUT2D eigenvalue weighted by molar-refractivity contribution is -0.113. The molecule has 5 heteroatoms. The zero-order valence-electron chi connectivity index (χ0n) is 15.1. The summed E-state index contributed by atoms with van der Waals surface area (Å²) >= 11 is 1.65. The van der Waals surface area contributed by atoms with Gasteiger partial charge in [-0.1, -0.05) is 47.5 Å². The third-order valence-corrected chi connectivity index (χ3v) is 5.94. The first-order valence-electron chi connectivity index (χ1n) is 8.67. The lowest BCUT2D eigenvalue weighted by Gasteiger charge is -2.15. The lowest BCUT2D eigenvalue weighted by atomic mass is 10.0. The van der Waals surface area contributed by atoms with Crippen LogP contribution in [0.2, 0.25) is 0 Å². The molecule has 0 saturated heterocycles. The Morgan fingerprint density at radius 2 is 1.62 bits per heavy atom. The van der Waals surface area contributed by atoms with Gasteiger partial charge in [-0.2, -0.15) is 5.10 Å². The number of fused-ring (bicyclic) bond motifs is 1. The molecule has 1 N–H and O–H groups in total. The van der Waals surface area contributed by atoms with Crippen LogP contribution >= 0.6 is 11.8 Å². The first-order chi connectivity index (χ1) is 12.5. The van der Waals surface area contributed by atoms with Gasteiger partial charge in [0, 0.05) is 5.56 Å². The van der Waals surface area contributed by atoms with Crippen molar-refractivity contribution in [3.8, 4) is 5.69 Å². The highest BCUT2D eigenvalue weighted by atomic mass is 32.2. The van der Waals surface area contributed by atoms with Gasteiger partial charge in [0.1, 0.15) is 5.82 Å². The number of amides is 1. The van der Waals surface area contributed by atoms with Gasteiger partial charge in [-0.3, -0.25) is 4.79 Å². The number of benzene rings is 2. The van der Waals surface area contributed by atoms with E-state index in [4.69, 9.17) is 5.10 Å². The van der Waals surface area contributed by atoms with E-state index in [0.29, 0.717) is 5.75 Å². The van der Waals surface area contributed by atoms with Crippen molar-refractivity contribution in [3.63, 3.8) is 0 Å². The summed E-state index contributed by atoms with van der Waals surface area (Å²) in [4.78, 5) is 12.4. The van der Waals surface area contributed by atoms with Gasteiger partial charge in [0.25, 0.3) is 0 Å². The molecule has 2 aromatic carbocycles. The van der Waals surface area contributed by atoms with Gasteiger partial charge >= 0.3 is 0 Å². The first kappa shape index (κ1) is 16.9. The largest absolute Gasteiger partial charge is 0.310 e. The van der Waals surface area contributed by atoms with E-state index in [1.54, 1.807) is 11.8 Å². The number of aromatic nitrogens is 2. The summed E-state index contributed by atoms with van der Waals surface area (Å²) in [6.07, 6.45) is 0. The first-order valence-corrected chi connectivity index (χ1v) is 9.72. The number of hydrogen-bond acceptors (Lipinski definition) is 3. The molecule has 4 rings (SSSR count). The second kappa shape index (κ2) is 6.65. The molecule has 1 amide bonds. The molecule has 1 aliphatic heterocycles. The van der Waals surface area contributed by atoms with Crippen molar-refractivity contribution >= 4 is 23.5 Å². The molecule has 1 aromatic heterocycles. The second-order valence-corrected chi connectivity index (χ2v) is 7.84. The molecule has 3 aromatic rings. The summed E-state index contributed by atoms with van der Waals surface area (Å²) in [6, 6.07) is 16.7. The molecule has 0 spiro atoms. The minimum Gasteiger partial charge on any atom is -0.310 e. The molecule has 0 fully saturated rings. The van der Waals surface area contributed by atoms with Crippen LogP contribution in [-0.4, -0.2) is 21.4 Å². The van der Waals surface area contributed by atoms with E-state index in [1.807, 2.05) is 23.7 Å². The maximum absolute atomic E-state index is 12.4. The van der Waals surface area contributed by atoms with Crippen LogP contribution in [0.15, 0.2) is 48.5 Å². The van der Waals surface area contributed by atoms with Crippen molar-refractivity contribution in [2.45, 2.75) is 26.0 Å². The van der Waals surface area contributed by atoms with Crippen LogP contribution in [-0.2, 0) is 4.79 Å². The van der Waals surface area contributed by atoms with Crippen molar-refractivity contribution in [2.24, 2.45) is 0 Å². The minimum atomic E-state index is 0.0131. The smallest absolute Gasteiger partial charge is 0.235 e. The average Bonchev–Trinajstić information content (AvgIpc) is 2.83. The van der Waals surface area contributed by atoms with E-state index in [0.717, 1.165) is 22.8 Å². The number of nitrogens with zero attached hydrogens (tertiary/aromatic N) is 2. The monoisotopic (exact) mass is 363 g/mol. The molecule has 0 saturated carbocycles. The van der Waals surface area contributed by atoms with Crippen LogP contribution in [0.1, 0.15) is 33.2 Å². The third kappa shape index (κ3) is 3.03. The third-order valence-electron chi connectivity index (χ3n) is 4.67. The molecule has 26 heavy (non-hydrogen) atoms. The number of thioether (sulfide) groups is 1. The van der Waals surface area contributed by atoms with Gasteiger partial charge in [-0.25, -0.2) is 4.68 Å². The molecule has 0 aliphatic carbocycles. The van der Waals surface area contributed by atoms with Crippen LogP contribution in [0, 0.1) is 20.8 Å². The van der Waals surface area contributed by atoms with Gasteiger partial charge in [0.05, 0.1) is 22.4 Å². The highest BCUT2D eigenvalue weighted by molar-refractivity contribution is 8.00. The second-order valence-electron chi connectivity index (χ2n) is 6.74. The predicted octanol–water partition coefficient (Wildman–Crippen LogP) is 4.57. The Hall–Kier alpha value is -2.53. The van der Waals surface area contributed by atoms with E-state index in [2.05, 4.69) is 55.6 Å². The number of nitrogens with one attached hydrogen (secondary N) is 1. The van der Waals surface area contributed by atoms with E-state index in [1.165, 1.54) is 16.7 Å². The van der Waals surface area contributed by atoms with Gasteiger partial charge < -0.3 is 5.32 Å². The molecular weight excluding hydrogens is 342 g/mol. The summed E-state index contributed by atoms with van der Waals surface area (Å²) in [5, 5.41) is 7.91. The number of rotatable bonds is 2. The Bertz CT molecular complexity index is 958. The van der Waals surface area contributed by atoms with Crippen molar-refractivity contribution in [1.29, 1.82) is 0 Å². The Balaban J connectivity index is 1.87. The molecule has 4 nitrogen and oxygen atoms in total. The van der Waals surface area contributed by atoms with Gasteiger partial charge in [0.2, 0.25) is 5.91 Å². The summed E-state index contributed by atoms with van der Waals surface area (Å²) in [5.41, 5.74) is 6.61. The number of anilines is 1. The highest BCUT2D eigenvalue weighted by Crippen LogP contribution is 2.43. The van der Waals surface area contributed by atoms with Crippen LogP contribution in [0.3, 0.4) is 0 Å². The van der Waals surface area contributed by atoms with Crippen LogP contribution in [0.5, 0.6) is 0 Å². The van der Waals surface area contributed by atoms with E-state index in [-0.39, 0.29) is 11.2 Å². The molecular formula is C21H21N3OS. The van der Waals surface area contributed by atoms with Crippen molar-refractivity contribution < 1.29 is 4.79 Å². The van der Waals surface area contributed by atoms with Crippen molar-refractivity contribution in [3.05, 3.63) is 76.5 Å². The van der Waals surface area contributed by atoms with Crippen LogP contribution < -0.4 is 5.32 Å². The number of carbonyl (C=O) groups is 1. The van der Waals surface area contributed by atoms with Crippen LogP contribution in [0.4, 0.5) is 5.82 Å². The number of carbonyl (C=O) groups excluding carboxylic acids is 1. The maximum atomic E-state index is 12.4. The quantitative estimate of drug-likeness (QED) is 0.725. The normalized spacial score (nSPS) is 16.7. The highest BCUT2D eigenvalue weighted by Gasteiger charge is 2.30. The van der Waals surface area contributed by atoms with E-state index in [9.17, 15) is 4.79 Å². The van der Waals surface area contributed by atoms with E-state index < -0.39 is 0 Å². The average molecular weight is 363 g/mol. The standard InChI is InChI=1S/C21H21N3OS/c1-13-4-8-16(9-5-13)20-19-15(3)23-24(17-10-6-14(2)7-11-17)21(19)22-18(25)12-26-20/h4-11,20H,12H2,1-3H3,(H,22,25). The summed E-state index contributed by atoms with van der Waals surface area (Å²) in [7, 11) is 0. The molecule has 2 heterocycles. The van der Waals surface area contributed by atoms with E-state index >= 15 is 0 Å². The van der Waals surface area contributed by atoms with Crippen molar-refractivity contribution in [2.75, 3.05) is 11.1 Å². The molecule has 1 aliphatic rings. The Morgan fingerprint density at radius 3 is 2.27 bits per heavy atom. The Labute approximate surface area is 157 Å². The zero-order chi connectivity index (χ0) is 18.3. The molecule has 1 unspecified atom stereocenters. The van der Waals surface area contributed by atoms with Gasteiger partial charge in [-0.05, 0) is 38.5 Å². The van der Waals surface area contributed by atoms with Gasteiger partial charge in [0.15, 0.2) is 0 Å². The molecule has 0 bridgehead atoms. The van der Waals surface area contributed by atoms with Crippen LogP contribution in [0.25, 0.3) is 5.69 Å². The zero-order valence-corrected chi connectivity index (χ0v) is 15.9. The maximum Gasteiger partial charge on any atom is 0.235 e. The van der Waals surface area contributed by atoms with Gasteiger partial charge in [-0.15, -0.1) is 11.8 Å². The lowest BCUT2D eigenvalue weighted by Crippen LogP contribution is -2.15. The Morgan fingerprint density at radius 1 is 1.00 bits per heavy atom. The number of hydrogen-bond donors (Lipinski definition) is 1. The van der Waals surface area contributed by atoms with Crippen molar-refractivity contribution in [1.82, 2.24) is 9.78 Å². The SMILES string of the molecule is Cc1ccc(C2SCC(=O)Nc3c2c(C)nn3-c2ccc(C)cc2)cc1. The molecule has 1 atom stereocenters. The molecule has 132 valence electrons. The summed E-state index contributed by atoms with van der Waals surface area (Å²) in [6.45, 7) is 6.16. The minimum absolute atomic E-state index is 0.0131. The molecule has 0 radical (unpaired) electrons. The summed E-state index contributed by atoms with van der Waals surface area (Å²) in [5.74, 6) is 1.23. The fourth-order valence-corrected chi connectivity index (χ4v) is 4.45. The fourth-order valence-electron chi connectivity index (χ4n) is 3.26. The topological polar surface area (TPSA) is 46.9 Å². The fraction of sp³-hybridized carbons (Fsp3) is 0.238.